The Morgan fingerprint density at radius 2 is 1.09 bits per heavy atom. The van der Waals surface area contributed by atoms with Crippen LogP contribution in [0.1, 0.15) is 49.9 Å². The van der Waals surface area contributed by atoms with E-state index >= 15 is 0 Å². The zero-order valence-electron chi connectivity index (χ0n) is 27.7. The van der Waals surface area contributed by atoms with E-state index in [1.807, 2.05) is 65.7 Å². The molecule has 0 aliphatic heterocycles. The summed E-state index contributed by atoms with van der Waals surface area (Å²) in [7, 11) is 10.4. The van der Waals surface area contributed by atoms with Crippen LogP contribution in [0, 0.1) is 13.8 Å². The summed E-state index contributed by atoms with van der Waals surface area (Å²) in [6, 6.07) is 12.4. The van der Waals surface area contributed by atoms with Crippen LogP contribution in [0.25, 0.3) is 0 Å². The molecule has 0 saturated heterocycles. The van der Waals surface area contributed by atoms with E-state index in [-0.39, 0.29) is 0 Å². The fraction of sp³-hybridized carbons (Fsp3) is 0.559. The topological polar surface area (TPSA) is 93.3 Å². The third-order valence-corrected chi connectivity index (χ3v) is 9.73. The Labute approximate surface area is 273 Å². The fourth-order valence-corrected chi connectivity index (χ4v) is 5.39. The van der Waals surface area contributed by atoms with Gasteiger partial charge in [-0.3, -0.25) is 9.97 Å². The van der Waals surface area contributed by atoms with Gasteiger partial charge in [-0.05, 0) is 126 Å². The van der Waals surface area contributed by atoms with Gasteiger partial charge >= 0.3 is 0 Å². The van der Waals surface area contributed by atoms with Gasteiger partial charge in [0.25, 0.3) is 0 Å². The molecular formula is C34H52BrN9. The highest BCUT2D eigenvalue weighted by Crippen LogP contribution is 2.37. The number of aromatic nitrogens is 3. The summed E-state index contributed by atoms with van der Waals surface area (Å²) in [6.07, 6.45) is 13.4. The number of anilines is 3. The van der Waals surface area contributed by atoms with Gasteiger partial charge in [-0.2, -0.15) is 0 Å². The summed E-state index contributed by atoms with van der Waals surface area (Å²) < 4.78 is 0.884. The first-order valence-corrected chi connectivity index (χ1v) is 16.5. The smallest absolute Gasteiger partial charge is 0.106 e. The number of rotatable bonds is 12. The third-order valence-electron chi connectivity index (χ3n) is 9.26. The first-order chi connectivity index (χ1) is 21.0. The van der Waals surface area contributed by atoms with Crippen LogP contribution in [-0.2, 0) is 0 Å². The lowest BCUT2D eigenvalue weighted by Gasteiger charge is -2.25. The molecule has 0 spiro atoms. The van der Waals surface area contributed by atoms with E-state index in [9.17, 15) is 0 Å². The summed E-state index contributed by atoms with van der Waals surface area (Å²) in [5, 5.41) is 13.5. The van der Waals surface area contributed by atoms with Crippen molar-refractivity contribution >= 4 is 33.0 Å². The van der Waals surface area contributed by atoms with Crippen molar-refractivity contribution in [3.05, 3.63) is 71.0 Å². The highest BCUT2D eigenvalue weighted by Gasteiger charge is 2.43. The Morgan fingerprint density at radius 3 is 1.45 bits per heavy atom. The van der Waals surface area contributed by atoms with Gasteiger partial charge in [0.2, 0.25) is 0 Å². The maximum absolute atomic E-state index is 4.31. The Morgan fingerprint density at radius 1 is 0.636 bits per heavy atom. The van der Waals surface area contributed by atoms with Crippen LogP contribution >= 0.6 is 15.9 Å². The number of pyridine rings is 3. The molecular weight excluding hydrogens is 614 g/mol. The first-order valence-electron chi connectivity index (χ1n) is 15.7. The van der Waals surface area contributed by atoms with Crippen LogP contribution in [0.3, 0.4) is 0 Å². The molecule has 3 aliphatic rings. The Kier molecular flexibility index (Phi) is 11.6. The average molecular weight is 667 g/mol. The minimum absolute atomic E-state index is 0.349. The van der Waals surface area contributed by atoms with E-state index < -0.39 is 0 Å². The second-order valence-electron chi connectivity index (χ2n) is 12.8. The summed E-state index contributed by atoms with van der Waals surface area (Å²) in [5.41, 5.74) is 6.66. The van der Waals surface area contributed by atoms with Gasteiger partial charge in [-0.25, -0.2) is 4.98 Å². The molecule has 0 amide bonds. The lowest BCUT2D eigenvalue weighted by Crippen LogP contribution is -2.39. The molecule has 10 heteroatoms. The van der Waals surface area contributed by atoms with E-state index in [1.54, 1.807) is 0 Å². The molecule has 0 unspecified atom stereocenters. The van der Waals surface area contributed by atoms with Crippen molar-refractivity contribution in [3.8, 4) is 0 Å². The molecule has 3 aromatic rings. The van der Waals surface area contributed by atoms with Gasteiger partial charge in [0, 0.05) is 61.7 Å². The number of nitrogens with one attached hydrogen (secondary N) is 4. The molecule has 6 rings (SSSR count). The van der Waals surface area contributed by atoms with Crippen molar-refractivity contribution in [1.29, 1.82) is 0 Å². The summed E-state index contributed by atoms with van der Waals surface area (Å²) in [6.45, 7) is 7.12. The predicted octanol–water partition coefficient (Wildman–Crippen LogP) is 5.16. The molecule has 3 heterocycles. The van der Waals surface area contributed by atoms with E-state index in [2.05, 4.69) is 100 Å². The van der Waals surface area contributed by atoms with Crippen LogP contribution < -0.4 is 31.1 Å². The minimum Gasteiger partial charge on any atom is -0.382 e. The van der Waals surface area contributed by atoms with Gasteiger partial charge in [0.15, 0.2) is 0 Å². The molecule has 3 saturated carbocycles. The molecule has 3 aromatic heterocycles. The SMILES string of the molecule is CNC1(CN(C)c2ccc(Br)nc2)CC1.CNC1(CN(C)c2ccc(C)nc2)CC1.CNC1(CNc2ccc(C)nc2)CC1. The van der Waals surface area contributed by atoms with Crippen molar-refractivity contribution in [2.24, 2.45) is 0 Å². The van der Waals surface area contributed by atoms with Gasteiger partial charge in [0.05, 0.1) is 35.7 Å². The van der Waals surface area contributed by atoms with Gasteiger partial charge < -0.3 is 31.1 Å². The highest BCUT2D eigenvalue weighted by molar-refractivity contribution is 9.10. The molecule has 4 N–H and O–H groups in total. The van der Waals surface area contributed by atoms with Crippen LogP contribution in [-0.4, -0.2) is 86.4 Å². The van der Waals surface area contributed by atoms with Crippen molar-refractivity contribution in [2.45, 2.75) is 69.0 Å². The molecule has 3 aliphatic carbocycles. The molecule has 240 valence electrons. The van der Waals surface area contributed by atoms with Crippen molar-refractivity contribution in [3.63, 3.8) is 0 Å². The van der Waals surface area contributed by atoms with E-state index in [0.717, 1.165) is 41.3 Å². The number of nitrogens with zero attached hydrogens (tertiary/aromatic N) is 5. The Hall–Kier alpha value is -2.79. The standard InChI is InChI=1S/C12H19N3.C11H16BrN3.C11H17N3/c1-10-4-5-11(8-14-10)15(3)9-12(13-2)6-7-12;1-13-11(5-6-11)8-15(2)9-3-4-10(12)14-7-9;1-9-3-4-10(7-13-9)14-8-11(12-2)5-6-11/h4-5,8,13H,6-7,9H2,1-3H3;3-4,7,13H,5-6,8H2,1-2H3;3-4,7,12,14H,5-6,8H2,1-2H3. The zero-order valence-corrected chi connectivity index (χ0v) is 29.3. The minimum atomic E-state index is 0.349. The molecule has 9 nitrogen and oxygen atoms in total. The maximum atomic E-state index is 4.31. The average Bonchev–Trinajstić information content (AvgIpc) is 3.94. The second-order valence-corrected chi connectivity index (χ2v) is 13.7. The van der Waals surface area contributed by atoms with Gasteiger partial charge in [-0.15, -0.1) is 0 Å². The maximum Gasteiger partial charge on any atom is 0.106 e. The van der Waals surface area contributed by atoms with Gasteiger partial charge in [-0.1, -0.05) is 0 Å². The van der Waals surface area contributed by atoms with E-state index in [1.165, 1.54) is 49.9 Å². The fourth-order valence-electron chi connectivity index (χ4n) is 5.16. The number of likely N-dealkylation sites (N-methyl/N-ethyl adjacent to an activating group) is 5. The third kappa shape index (κ3) is 10.1. The second kappa shape index (κ2) is 15.0. The normalized spacial score (nSPS) is 17.6. The lowest BCUT2D eigenvalue weighted by atomic mass is 10.2. The van der Waals surface area contributed by atoms with Gasteiger partial charge in [0.1, 0.15) is 4.60 Å². The summed E-state index contributed by atoms with van der Waals surface area (Å²) in [4.78, 5) is 17.3. The molecule has 3 fully saturated rings. The Balaban J connectivity index is 0.000000151. The van der Waals surface area contributed by atoms with Crippen molar-refractivity contribution in [2.75, 3.05) is 70.0 Å². The largest absolute Gasteiger partial charge is 0.382 e. The number of halogens is 1. The van der Waals surface area contributed by atoms with Crippen LogP contribution in [0.4, 0.5) is 17.1 Å². The molecule has 0 bridgehead atoms. The Bertz CT molecular complexity index is 1220. The number of aryl methyl sites for hydroxylation is 2. The number of hydrogen-bond acceptors (Lipinski definition) is 9. The van der Waals surface area contributed by atoms with Crippen molar-refractivity contribution in [1.82, 2.24) is 30.9 Å². The van der Waals surface area contributed by atoms with Crippen LogP contribution in [0.2, 0.25) is 0 Å². The lowest BCUT2D eigenvalue weighted by molar-refractivity contribution is 0.549. The summed E-state index contributed by atoms with van der Waals surface area (Å²) in [5.74, 6) is 0. The first kappa shape index (κ1) is 34.1. The molecule has 0 aromatic carbocycles. The van der Waals surface area contributed by atoms with Crippen molar-refractivity contribution < 1.29 is 0 Å². The monoisotopic (exact) mass is 665 g/mol. The summed E-state index contributed by atoms with van der Waals surface area (Å²) >= 11 is 3.34. The van der Waals surface area contributed by atoms with Crippen LogP contribution in [0.5, 0.6) is 0 Å². The van der Waals surface area contributed by atoms with E-state index in [4.69, 9.17) is 0 Å². The van der Waals surface area contributed by atoms with E-state index in [0.29, 0.717) is 16.6 Å². The quantitative estimate of drug-likeness (QED) is 0.196. The number of hydrogen-bond donors (Lipinski definition) is 4. The van der Waals surface area contributed by atoms with Crippen LogP contribution in [0.15, 0.2) is 59.6 Å². The molecule has 44 heavy (non-hydrogen) atoms. The highest BCUT2D eigenvalue weighted by atomic mass is 79.9. The molecule has 0 radical (unpaired) electrons. The predicted molar refractivity (Wildman–Crippen MR) is 188 cm³/mol. The zero-order chi connectivity index (χ0) is 31.8. The molecule has 0 atom stereocenters.